The van der Waals surface area contributed by atoms with Crippen molar-refractivity contribution in [1.29, 1.82) is 0 Å². The lowest BCUT2D eigenvalue weighted by Gasteiger charge is -2.10. The zero-order chi connectivity index (χ0) is 19.4. The van der Waals surface area contributed by atoms with E-state index in [1.165, 1.54) is 30.6 Å². The van der Waals surface area contributed by atoms with Crippen LogP contribution in [0.2, 0.25) is 5.02 Å². The first-order valence-corrected chi connectivity index (χ1v) is 8.47. The predicted molar refractivity (Wildman–Crippen MR) is 98.5 cm³/mol. The molecule has 6 nitrogen and oxygen atoms in total. The van der Waals surface area contributed by atoms with Crippen LogP contribution in [0.25, 0.3) is 11.3 Å². The summed E-state index contributed by atoms with van der Waals surface area (Å²) in [5.74, 6) is -0.388. The van der Waals surface area contributed by atoms with E-state index in [1.54, 1.807) is 19.1 Å². The number of amides is 1. The van der Waals surface area contributed by atoms with Crippen molar-refractivity contribution in [1.82, 2.24) is 20.3 Å². The molecule has 3 rings (SSSR count). The molecule has 0 spiro atoms. The van der Waals surface area contributed by atoms with Crippen LogP contribution in [0.3, 0.4) is 0 Å². The van der Waals surface area contributed by atoms with Gasteiger partial charge >= 0.3 is 0 Å². The number of aromatic nitrogens is 3. The Kier molecular flexibility index (Phi) is 5.73. The minimum absolute atomic E-state index is 0.103. The summed E-state index contributed by atoms with van der Waals surface area (Å²) in [5.41, 5.74) is 2.50. The van der Waals surface area contributed by atoms with Gasteiger partial charge in [0.25, 0.3) is 5.91 Å². The SMILES string of the molecule is Cc1cc(F)ccc1-c1cc(CO)cc(C(=O)NCc2ncc(Cl)cn2)n1. The molecule has 0 saturated heterocycles. The molecule has 0 bridgehead atoms. The standard InChI is InChI=1S/C19H16ClFN4O2/c1-11-4-14(21)2-3-15(11)16-5-12(10-26)6-17(25-16)19(27)24-9-18-22-7-13(20)8-23-18/h2-8,26H,9-10H2,1H3,(H,24,27). The summed E-state index contributed by atoms with van der Waals surface area (Å²) >= 11 is 5.73. The van der Waals surface area contributed by atoms with Crippen molar-refractivity contribution in [3.63, 3.8) is 0 Å². The van der Waals surface area contributed by atoms with Gasteiger partial charge in [-0.2, -0.15) is 0 Å². The molecular weight excluding hydrogens is 371 g/mol. The molecule has 1 amide bonds. The summed E-state index contributed by atoms with van der Waals surface area (Å²) in [6.45, 7) is 1.60. The number of nitrogens with zero attached hydrogens (tertiary/aromatic N) is 3. The van der Waals surface area contributed by atoms with E-state index in [0.29, 0.717) is 33.2 Å². The zero-order valence-electron chi connectivity index (χ0n) is 14.4. The number of hydrogen-bond acceptors (Lipinski definition) is 5. The van der Waals surface area contributed by atoms with Crippen LogP contribution in [-0.4, -0.2) is 26.0 Å². The highest BCUT2D eigenvalue weighted by Gasteiger charge is 2.13. The number of pyridine rings is 1. The van der Waals surface area contributed by atoms with E-state index in [1.807, 2.05) is 0 Å². The molecule has 0 atom stereocenters. The number of aliphatic hydroxyl groups excluding tert-OH is 1. The predicted octanol–water partition coefficient (Wildman–Crippen LogP) is 3.06. The minimum atomic E-state index is -0.440. The number of aryl methyl sites for hydroxylation is 1. The Morgan fingerprint density at radius 1 is 1.22 bits per heavy atom. The van der Waals surface area contributed by atoms with Crippen molar-refractivity contribution in [3.05, 3.63) is 76.2 Å². The molecule has 0 fully saturated rings. The Morgan fingerprint density at radius 2 is 1.96 bits per heavy atom. The van der Waals surface area contributed by atoms with Crippen molar-refractivity contribution in [3.8, 4) is 11.3 Å². The molecule has 0 unspecified atom stereocenters. The summed E-state index contributed by atoms with van der Waals surface area (Å²) in [5, 5.41) is 12.6. The lowest BCUT2D eigenvalue weighted by molar-refractivity contribution is 0.0944. The fraction of sp³-hybridized carbons (Fsp3) is 0.158. The number of carbonyl (C=O) groups is 1. The van der Waals surface area contributed by atoms with Crippen molar-refractivity contribution < 1.29 is 14.3 Å². The molecule has 0 radical (unpaired) electrons. The third kappa shape index (κ3) is 4.64. The van der Waals surface area contributed by atoms with Crippen LogP contribution >= 0.6 is 11.6 Å². The van der Waals surface area contributed by atoms with Gasteiger partial charge in [0.2, 0.25) is 0 Å². The summed E-state index contributed by atoms with van der Waals surface area (Å²) in [6, 6.07) is 7.48. The average molecular weight is 387 g/mol. The first-order chi connectivity index (χ1) is 13.0. The third-order valence-electron chi connectivity index (χ3n) is 3.85. The monoisotopic (exact) mass is 386 g/mol. The summed E-state index contributed by atoms with van der Waals surface area (Å²) in [4.78, 5) is 24.9. The van der Waals surface area contributed by atoms with Gasteiger partial charge in [0.1, 0.15) is 17.3 Å². The Hall–Kier alpha value is -2.90. The van der Waals surface area contributed by atoms with E-state index in [-0.39, 0.29) is 24.7 Å². The molecule has 0 aliphatic carbocycles. The van der Waals surface area contributed by atoms with Gasteiger partial charge in [0, 0.05) is 18.0 Å². The molecule has 0 saturated carbocycles. The molecule has 2 aromatic heterocycles. The first kappa shape index (κ1) is 18.9. The smallest absolute Gasteiger partial charge is 0.270 e. The third-order valence-corrected chi connectivity index (χ3v) is 4.04. The summed E-state index contributed by atoms with van der Waals surface area (Å²) in [6.07, 6.45) is 2.88. The van der Waals surface area contributed by atoms with Crippen LogP contribution in [-0.2, 0) is 13.2 Å². The van der Waals surface area contributed by atoms with Crippen LogP contribution < -0.4 is 5.32 Å². The van der Waals surface area contributed by atoms with Crippen molar-refractivity contribution in [2.75, 3.05) is 0 Å². The summed E-state index contributed by atoms with van der Waals surface area (Å²) < 4.78 is 13.4. The topological polar surface area (TPSA) is 88.0 Å². The fourth-order valence-electron chi connectivity index (χ4n) is 2.53. The average Bonchev–Trinajstić information content (AvgIpc) is 2.67. The summed E-state index contributed by atoms with van der Waals surface area (Å²) in [7, 11) is 0. The Balaban J connectivity index is 1.86. The molecule has 8 heteroatoms. The maximum absolute atomic E-state index is 13.4. The van der Waals surface area contributed by atoms with Crippen LogP contribution in [0.5, 0.6) is 0 Å². The van der Waals surface area contributed by atoms with Crippen molar-refractivity contribution >= 4 is 17.5 Å². The van der Waals surface area contributed by atoms with Crippen LogP contribution in [0.1, 0.15) is 27.4 Å². The highest BCUT2D eigenvalue weighted by atomic mass is 35.5. The molecule has 2 N–H and O–H groups in total. The lowest BCUT2D eigenvalue weighted by atomic mass is 10.0. The van der Waals surface area contributed by atoms with Crippen LogP contribution in [0.4, 0.5) is 4.39 Å². The quantitative estimate of drug-likeness (QED) is 0.703. The molecule has 138 valence electrons. The molecule has 27 heavy (non-hydrogen) atoms. The number of benzene rings is 1. The van der Waals surface area contributed by atoms with Gasteiger partial charge in [-0.15, -0.1) is 0 Å². The molecule has 1 aromatic carbocycles. The van der Waals surface area contributed by atoms with E-state index in [2.05, 4.69) is 20.3 Å². The second kappa shape index (κ2) is 8.20. The zero-order valence-corrected chi connectivity index (χ0v) is 15.2. The van der Waals surface area contributed by atoms with Crippen molar-refractivity contribution in [2.24, 2.45) is 0 Å². The van der Waals surface area contributed by atoms with Crippen LogP contribution in [0, 0.1) is 12.7 Å². The Labute approximate surface area is 160 Å². The minimum Gasteiger partial charge on any atom is -0.392 e. The van der Waals surface area contributed by atoms with E-state index < -0.39 is 5.91 Å². The van der Waals surface area contributed by atoms with Gasteiger partial charge in [-0.05, 0) is 48.4 Å². The van der Waals surface area contributed by atoms with Gasteiger partial charge in [-0.25, -0.2) is 19.3 Å². The van der Waals surface area contributed by atoms with Gasteiger partial charge in [-0.1, -0.05) is 11.6 Å². The molecule has 2 heterocycles. The van der Waals surface area contributed by atoms with E-state index in [4.69, 9.17) is 11.6 Å². The number of nitrogens with one attached hydrogen (secondary N) is 1. The van der Waals surface area contributed by atoms with Gasteiger partial charge < -0.3 is 10.4 Å². The first-order valence-electron chi connectivity index (χ1n) is 8.09. The highest BCUT2D eigenvalue weighted by molar-refractivity contribution is 6.30. The Morgan fingerprint density at radius 3 is 2.63 bits per heavy atom. The lowest BCUT2D eigenvalue weighted by Crippen LogP contribution is -2.25. The molecular formula is C19H16ClFN4O2. The normalized spacial score (nSPS) is 10.7. The van der Waals surface area contributed by atoms with E-state index in [0.717, 1.165) is 0 Å². The maximum Gasteiger partial charge on any atom is 0.270 e. The number of halogens is 2. The highest BCUT2D eigenvalue weighted by Crippen LogP contribution is 2.24. The van der Waals surface area contributed by atoms with Crippen molar-refractivity contribution in [2.45, 2.75) is 20.1 Å². The largest absolute Gasteiger partial charge is 0.392 e. The van der Waals surface area contributed by atoms with E-state index >= 15 is 0 Å². The Bertz CT molecular complexity index is 980. The van der Waals surface area contributed by atoms with E-state index in [9.17, 15) is 14.3 Å². The second-order valence-electron chi connectivity index (χ2n) is 5.86. The number of rotatable bonds is 5. The number of hydrogen-bond donors (Lipinski definition) is 2. The fourth-order valence-corrected chi connectivity index (χ4v) is 2.63. The maximum atomic E-state index is 13.4. The van der Waals surface area contributed by atoms with Gasteiger partial charge in [0.05, 0.1) is 23.9 Å². The number of carbonyl (C=O) groups excluding carboxylic acids is 1. The molecule has 0 aliphatic heterocycles. The molecule has 3 aromatic rings. The van der Waals surface area contributed by atoms with Gasteiger partial charge in [-0.3, -0.25) is 4.79 Å². The van der Waals surface area contributed by atoms with Gasteiger partial charge in [0.15, 0.2) is 0 Å². The molecule has 0 aliphatic rings. The second-order valence-corrected chi connectivity index (χ2v) is 6.30. The van der Waals surface area contributed by atoms with Crippen LogP contribution in [0.15, 0.2) is 42.7 Å². The number of aliphatic hydroxyl groups is 1.